The van der Waals surface area contributed by atoms with E-state index in [2.05, 4.69) is 9.38 Å². The lowest BCUT2D eigenvalue weighted by molar-refractivity contribution is 0.0600. The van der Waals surface area contributed by atoms with Gasteiger partial charge in [-0.3, -0.25) is 0 Å². The second kappa shape index (κ2) is 9.18. The van der Waals surface area contributed by atoms with Crippen molar-refractivity contribution in [3.05, 3.63) is 88.7 Å². The van der Waals surface area contributed by atoms with Gasteiger partial charge in [0, 0.05) is 20.3 Å². The summed E-state index contributed by atoms with van der Waals surface area (Å²) in [5, 5.41) is 0. The molecule has 2 aromatic carbocycles. The highest BCUT2D eigenvalue weighted by atomic mass is 32.2. The van der Waals surface area contributed by atoms with Gasteiger partial charge in [-0.1, -0.05) is 35.9 Å². The molecular formula is C23H25N3O4S. The van der Waals surface area contributed by atoms with Crippen molar-refractivity contribution in [2.45, 2.75) is 18.2 Å². The number of aromatic amines is 1. The second-order valence-corrected chi connectivity index (χ2v) is 8.92. The van der Waals surface area contributed by atoms with Crippen molar-refractivity contribution in [1.29, 1.82) is 0 Å². The number of H-pyrrole nitrogens is 1. The average molecular weight is 440 g/mol. The average Bonchev–Trinajstić information content (AvgIpc) is 3.27. The van der Waals surface area contributed by atoms with Gasteiger partial charge in [0.05, 0.1) is 23.3 Å². The molecule has 3 aromatic rings. The topological polar surface area (TPSA) is 91.8 Å². The van der Waals surface area contributed by atoms with Crippen LogP contribution >= 0.6 is 0 Å². The van der Waals surface area contributed by atoms with Crippen molar-refractivity contribution in [3.8, 4) is 0 Å². The third kappa shape index (κ3) is 5.21. The minimum Gasteiger partial charge on any atom is -0.465 e. The number of nitrogens with one attached hydrogen (secondary N) is 1. The maximum absolute atomic E-state index is 13.4. The number of aromatic nitrogens is 1. The molecule has 0 amide bonds. The van der Waals surface area contributed by atoms with Crippen LogP contribution in [0, 0.1) is 6.92 Å². The highest BCUT2D eigenvalue weighted by Gasteiger charge is 2.23. The summed E-state index contributed by atoms with van der Waals surface area (Å²) in [4.78, 5) is 16.6. The molecular weight excluding hydrogens is 414 g/mol. The summed E-state index contributed by atoms with van der Waals surface area (Å²) < 4.78 is 35.6. The van der Waals surface area contributed by atoms with Crippen LogP contribution in [0.25, 0.3) is 0 Å². The van der Waals surface area contributed by atoms with Crippen LogP contribution in [0.1, 0.15) is 32.7 Å². The number of hydrogen-bond donors (Lipinski definition) is 1. The molecule has 0 aliphatic carbocycles. The van der Waals surface area contributed by atoms with Crippen LogP contribution < -0.4 is 0 Å². The van der Waals surface area contributed by atoms with Crippen molar-refractivity contribution in [3.63, 3.8) is 0 Å². The van der Waals surface area contributed by atoms with E-state index >= 15 is 0 Å². The Morgan fingerprint density at radius 1 is 1.10 bits per heavy atom. The fraction of sp³-hybridized carbons (Fsp3) is 0.217. The number of aryl methyl sites for hydroxylation is 1. The predicted molar refractivity (Wildman–Crippen MR) is 120 cm³/mol. The molecule has 0 saturated carbocycles. The minimum atomic E-state index is -4.14. The molecule has 0 spiro atoms. The highest BCUT2D eigenvalue weighted by Crippen LogP contribution is 2.24. The zero-order valence-corrected chi connectivity index (χ0v) is 18.7. The molecule has 0 fully saturated rings. The number of ether oxygens (including phenoxy) is 1. The summed E-state index contributed by atoms with van der Waals surface area (Å²) in [6.45, 7) is 1.99. The number of methoxy groups -OCH3 is 1. The monoisotopic (exact) mass is 439 g/mol. The minimum absolute atomic E-state index is 0.0260. The number of amidine groups is 1. The van der Waals surface area contributed by atoms with Gasteiger partial charge >= 0.3 is 5.97 Å². The third-order valence-corrected chi connectivity index (χ3v) is 6.10. The summed E-state index contributed by atoms with van der Waals surface area (Å²) in [6.07, 6.45) is 2.08. The molecule has 0 atom stereocenters. The first-order chi connectivity index (χ1) is 14.7. The fourth-order valence-electron chi connectivity index (χ4n) is 3.12. The van der Waals surface area contributed by atoms with Crippen LogP contribution in [0.4, 0.5) is 0 Å². The van der Waals surface area contributed by atoms with Gasteiger partial charge in [0.15, 0.2) is 5.84 Å². The zero-order chi connectivity index (χ0) is 22.6. The van der Waals surface area contributed by atoms with Crippen molar-refractivity contribution in [1.82, 2.24) is 9.88 Å². The van der Waals surface area contributed by atoms with Crippen LogP contribution in [-0.2, 0) is 21.2 Å². The standard InChI is InChI=1S/C23H25N3O4S/c1-16-7-9-17(10-8-16)14-18-11-12-19(23(27)30-4)15-21(18)31(28,29)25-22(26(2)3)20-6-5-13-24-20/h5-13,15,24H,14H2,1-4H3. The summed E-state index contributed by atoms with van der Waals surface area (Å²) >= 11 is 0. The van der Waals surface area contributed by atoms with Crippen molar-refractivity contribution < 1.29 is 17.9 Å². The summed E-state index contributed by atoms with van der Waals surface area (Å²) in [7, 11) is 0.550. The van der Waals surface area contributed by atoms with Crippen LogP contribution in [0.2, 0.25) is 0 Å². The Morgan fingerprint density at radius 2 is 1.81 bits per heavy atom. The van der Waals surface area contributed by atoms with E-state index < -0.39 is 16.0 Å². The Labute approximate surface area is 182 Å². The molecule has 0 aliphatic heterocycles. The van der Waals surface area contributed by atoms with E-state index in [1.807, 2.05) is 31.2 Å². The van der Waals surface area contributed by atoms with Crippen LogP contribution in [0.15, 0.2) is 70.1 Å². The Balaban J connectivity index is 2.14. The molecule has 7 nitrogen and oxygen atoms in total. The quantitative estimate of drug-likeness (QED) is 0.361. The molecule has 31 heavy (non-hydrogen) atoms. The van der Waals surface area contributed by atoms with Gasteiger partial charge in [0.25, 0.3) is 10.0 Å². The summed E-state index contributed by atoms with van der Waals surface area (Å²) in [5.41, 5.74) is 3.33. The van der Waals surface area contributed by atoms with Gasteiger partial charge in [0.1, 0.15) is 0 Å². The molecule has 8 heteroatoms. The molecule has 0 radical (unpaired) electrons. The van der Waals surface area contributed by atoms with E-state index in [9.17, 15) is 13.2 Å². The van der Waals surface area contributed by atoms with Crippen LogP contribution in [0.5, 0.6) is 0 Å². The smallest absolute Gasteiger partial charge is 0.337 e. The van der Waals surface area contributed by atoms with Crippen molar-refractivity contribution >= 4 is 21.8 Å². The normalized spacial score (nSPS) is 11.9. The van der Waals surface area contributed by atoms with E-state index in [1.165, 1.54) is 13.2 Å². The molecule has 0 bridgehead atoms. The molecule has 0 unspecified atom stereocenters. The Morgan fingerprint density at radius 3 is 2.39 bits per heavy atom. The first-order valence-corrected chi connectivity index (χ1v) is 11.1. The maximum Gasteiger partial charge on any atom is 0.337 e. The number of sulfonamides is 1. The van der Waals surface area contributed by atoms with E-state index in [0.717, 1.165) is 11.1 Å². The first-order valence-electron chi connectivity index (χ1n) is 9.64. The first kappa shape index (κ1) is 22.3. The number of rotatable bonds is 6. The Kier molecular flexibility index (Phi) is 6.60. The van der Waals surface area contributed by atoms with Gasteiger partial charge in [-0.05, 0) is 48.7 Å². The largest absolute Gasteiger partial charge is 0.465 e. The number of benzene rings is 2. The Hall–Kier alpha value is -3.39. The van der Waals surface area contributed by atoms with E-state index in [4.69, 9.17) is 4.74 Å². The second-order valence-electron chi connectivity index (χ2n) is 7.34. The van der Waals surface area contributed by atoms with Gasteiger partial charge in [-0.25, -0.2) is 4.79 Å². The summed E-state index contributed by atoms with van der Waals surface area (Å²) in [6, 6.07) is 15.9. The number of carbonyl (C=O) groups is 1. The molecule has 0 aliphatic rings. The van der Waals surface area contributed by atoms with E-state index in [1.54, 1.807) is 49.5 Å². The lowest BCUT2D eigenvalue weighted by atomic mass is 10.0. The number of esters is 1. The van der Waals surface area contributed by atoms with E-state index in [0.29, 0.717) is 17.7 Å². The predicted octanol–water partition coefficient (Wildman–Crippen LogP) is 3.40. The maximum atomic E-state index is 13.4. The Bertz CT molecular complexity index is 1200. The van der Waals surface area contributed by atoms with Crippen LogP contribution in [0.3, 0.4) is 0 Å². The van der Waals surface area contributed by atoms with Crippen molar-refractivity contribution in [2.75, 3.05) is 21.2 Å². The zero-order valence-electron chi connectivity index (χ0n) is 17.9. The van der Waals surface area contributed by atoms with Crippen LogP contribution in [-0.4, -0.2) is 51.3 Å². The molecule has 1 heterocycles. The highest BCUT2D eigenvalue weighted by molar-refractivity contribution is 7.90. The molecule has 1 N–H and O–H groups in total. The summed E-state index contributed by atoms with van der Waals surface area (Å²) in [5.74, 6) is -0.353. The SMILES string of the molecule is COC(=O)c1ccc(Cc2ccc(C)cc2)c(S(=O)(=O)N=C(c2ccc[nH]2)N(C)C)c1. The number of nitrogens with zero attached hydrogens (tertiary/aromatic N) is 2. The molecule has 3 rings (SSSR count). The van der Waals surface area contributed by atoms with Gasteiger partial charge in [0.2, 0.25) is 0 Å². The number of carbonyl (C=O) groups excluding carboxylic acids is 1. The third-order valence-electron chi connectivity index (χ3n) is 4.75. The van der Waals surface area contributed by atoms with E-state index in [-0.39, 0.29) is 16.3 Å². The molecule has 0 saturated heterocycles. The van der Waals surface area contributed by atoms with Gasteiger partial charge in [-0.2, -0.15) is 8.42 Å². The van der Waals surface area contributed by atoms with Gasteiger partial charge < -0.3 is 14.6 Å². The van der Waals surface area contributed by atoms with Crippen molar-refractivity contribution in [2.24, 2.45) is 4.40 Å². The fourth-order valence-corrected chi connectivity index (χ4v) is 4.45. The molecule has 1 aromatic heterocycles. The number of hydrogen-bond acceptors (Lipinski definition) is 4. The van der Waals surface area contributed by atoms with Gasteiger partial charge in [-0.15, -0.1) is 4.40 Å². The lowest BCUT2D eigenvalue weighted by Crippen LogP contribution is -2.25. The molecule has 162 valence electrons. The lowest BCUT2D eigenvalue weighted by Gasteiger charge is -2.16.